The normalized spacial score (nSPS) is 11.4. The maximum absolute atomic E-state index is 13.5. The van der Waals surface area contributed by atoms with Crippen LogP contribution in [0.1, 0.15) is 6.92 Å². The summed E-state index contributed by atoms with van der Waals surface area (Å²) in [4.78, 5) is 34.6. The lowest BCUT2D eigenvalue weighted by molar-refractivity contribution is -0.384. The molecule has 28 heavy (non-hydrogen) atoms. The Morgan fingerprint density at radius 3 is 2.64 bits per heavy atom. The number of nitro groups is 1. The van der Waals surface area contributed by atoms with Crippen LogP contribution in [0.2, 0.25) is 0 Å². The molecule has 8 nitrogen and oxygen atoms in total. The Balaban J connectivity index is 1.92. The first kappa shape index (κ1) is 21.2. The predicted octanol–water partition coefficient (Wildman–Crippen LogP) is 3.41. The molecule has 0 unspecified atom stereocenters. The number of methoxy groups -OCH3 is 1. The highest BCUT2D eigenvalue weighted by atomic mass is 32.2. The van der Waals surface area contributed by atoms with Crippen LogP contribution in [0.3, 0.4) is 0 Å². The zero-order valence-electron chi connectivity index (χ0n) is 15.0. The molecule has 0 aliphatic rings. The van der Waals surface area contributed by atoms with Crippen molar-refractivity contribution in [2.45, 2.75) is 17.9 Å². The number of hydrogen-bond donors (Lipinski definition) is 1. The Kier molecular flexibility index (Phi) is 7.33. The molecular weight excluding hydrogens is 391 g/mol. The molecule has 0 aliphatic carbocycles. The summed E-state index contributed by atoms with van der Waals surface area (Å²) in [5.74, 6) is -1.85. The van der Waals surface area contributed by atoms with Crippen molar-refractivity contribution in [1.29, 1.82) is 0 Å². The first-order valence-electron chi connectivity index (χ1n) is 8.02. The number of halogens is 1. The van der Waals surface area contributed by atoms with Crippen LogP contribution >= 0.6 is 11.8 Å². The third kappa shape index (κ3) is 5.68. The van der Waals surface area contributed by atoms with Crippen LogP contribution in [0, 0.1) is 15.9 Å². The average molecular weight is 408 g/mol. The van der Waals surface area contributed by atoms with E-state index in [-0.39, 0.29) is 22.9 Å². The molecule has 0 saturated carbocycles. The van der Waals surface area contributed by atoms with E-state index in [2.05, 4.69) is 5.32 Å². The summed E-state index contributed by atoms with van der Waals surface area (Å²) in [7, 11) is 1.30. The fourth-order valence-corrected chi connectivity index (χ4v) is 2.84. The number of rotatable bonds is 8. The number of carbonyl (C=O) groups is 2. The molecule has 0 spiro atoms. The maximum Gasteiger partial charge on any atom is 0.317 e. The van der Waals surface area contributed by atoms with Crippen LogP contribution in [0.15, 0.2) is 47.4 Å². The number of ether oxygens (including phenoxy) is 2. The van der Waals surface area contributed by atoms with Gasteiger partial charge in [0.25, 0.3) is 11.6 Å². The number of benzene rings is 2. The van der Waals surface area contributed by atoms with E-state index in [1.54, 1.807) is 6.07 Å². The molecule has 148 valence electrons. The van der Waals surface area contributed by atoms with Gasteiger partial charge in [-0.25, -0.2) is 4.39 Å². The number of esters is 1. The molecule has 10 heteroatoms. The third-order valence-electron chi connectivity index (χ3n) is 3.51. The molecule has 0 bridgehead atoms. The topological polar surface area (TPSA) is 108 Å². The third-order valence-corrected chi connectivity index (χ3v) is 4.54. The van der Waals surface area contributed by atoms with Crippen molar-refractivity contribution in [2.24, 2.45) is 0 Å². The number of non-ortho nitro benzene ring substituents is 1. The highest BCUT2D eigenvalue weighted by molar-refractivity contribution is 8.00. The lowest BCUT2D eigenvalue weighted by atomic mass is 10.2. The molecule has 1 N–H and O–H groups in total. The van der Waals surface area contributed by atoms with Crippen molar-refractivity contribution in [3.8, 4) is 5.75 Å². The van der Waals surface area contributed by atoms with E-state index in [0.29, 0.717) is 4.90 Å². The number of nitrogens with one attached hydrogen (secondary N) is 1. The molecule has 0 aromatic heterocycles. The van der Waals surface area contributed by atoms with Crippen molar-refractivity contribution < 1.29 is 28.4 Å². The summed E-state index contributed by atoms with van der Waals surface area (Å²) < 4.78 is 23.6. The van der Waals surface area contributed by atoms with Crippen LogP contribution < -0.4 is 10.1 Å². The lowest BCUT2D eigenvalue weighted by Gasteiger charge is -2.15. The Labute approximate surface area is 164 Å². The number of carbonyl (C=O) groups excluding carboxylic acids is 2. The van der Waals surface area contributed by atoms with Gasteiger partial charge in [-0.1, -0.05) is 12.1 Å². The largest absolute Gasteiger partial charge is 0.494 e. The zero-order valence-corrected chi connectivity index (χ0v) is 15.8. The van der Waals surface area contributed by atoms with Crippen LogP contribution in [0.4, 0.5) is 15.8 Å². The maximum atomic E-state index is 13.5. The van der Waals surface area contributed by atoms with Crippen molar-refractivity contribution >= 4 is 35.0 Å². The molecule has 0 aliphatic heterocycles. The van der Waals surface area contributed by atoms with E-state index in [9.17, 15) is 24.1 Å². The highest BCUT2D eigenvalue weighted by Gasteiger charge is 2.20. The summed E-state index contributed by atoms with van der Waals surface area (Å²) in [5, 5.41) is 13.3. The first-order chi connectivity index (χ1) is 13.3. The standard InChI is InChI=1S/C18H17FN2O6S/c1-11(27-17(22)10-28-16-6-4-3-5-13(16)19)18(23)20-14-8-7-12(21(24)25)9-15(14)26-2/h3-9,11H,10H2,1-2H3,(H,20,23)/t11-/m1/s1. The quantitative estimate of drug-likeness (QED) is 0.309. The lowest BCUT2D eigenvalue weighted by Crippen LogP contribution is -2.30. The van der Waals surface area contributed by atoms with E-state index >= 15 is 0 Å². The van der Waals surface area contributed by atoms with E-state index in [1.165, 1.54) is 44.4 Å². The SMILES string of the molecule is COc1cc([N+](=O)[O-])ccc1NC(=O)[C@@H](C)OC(=O)CSc1ccccc1F. The minimum atomic E-state index is -1.13. The number of nitro benzene ring substituents is 1. The summed E-state index contributed by atoms with van der Waals surface area (Å²) in [6.45, 7) is 1.37. The van der Waals surface area contributed by atoms with Crippen LogP contribution in [0.5, 0.6) is 5.75 Å². The monoisotopic (exact) mass is 408 g/mol. The van der Waals surface area contributed by atoms with E-state index < -0.39 is 28.7 Å². The summed E-state index contributed by atoms with van der Waals surface area (Å²) in [6, 6.07) is 9.68. The number of thioether (sulfide) groups is 1. The van der Waals surface area contributed by atoms with Crippen LogP contribution in [-0.4, -0.2) is 35.8 Å². The van der Waals surface area contributed by atoms with Gasteiger partial charge in [-0.15, -0.1) is 11.8 Å². The summed E-state index contributed by atoms with van der Waals surface area (Å²) >= 11 is 0.958. The highest BCUT2D eigenvalue weighted by Crippen LogP contribution is 2.29. The molecule has 2 rings (SSSR count). The fourth-order valence-electron chi connectivity index (χ4n) is 2.11. The minimum Gasteiger partial charge on any atom is -0.494 e. The molecular formula is C18H17FN2O6S. The van der Waals surface area contributed by atoms with Gasteiger partial charge in [0, 0.05) is 11.0 Å². The summed E-state index contributed by atoms with van der Waals surface area (Å²) in [6.07, 6.45) is -1.13. The number of nitrogens with zero attached hydrogens (tertiary/aromatic N) is 1. The van der Waals surface area contributed by atoms with Gasteiger partial charge in [0.15, 0.2) is 6.10 Å². The molecule has 1 atom stereocenters. The Morgan fingerprint density at radius 1 is 1.29 bits per heavy atom. The molecule has 0 saturated heterocycles. The number of amides is 1. The second-order valence-corrected chi connectivity index (χ2v) is 6.50. The smallest absolute Gasteiger partial charge is 0.317 e. The molecule has 2 aromatic carbocycles. The molecule has 1 amide bonds. The predicted molar refractivity (Wildman–Crippen MR) is 101 cm³/mol. The Morgan fingerprint density at radius 2 is 2.00 bits per heavy atom. The van der Waals surface area contributed by atoms with Crippen molar-refractivity contribution in [2.75, 3.05) is 18.2 Å². The summed E-state index contributed by atoms with van der Waals surface area (Å²) in [5.41, 5.74) is 0.00113. The minimum absolute atomic E-state index is 0.0937. The van der Waals surface area contributed by atoms with Gasteiger partial charge in [-0.2, -0.15) is 0 Å². The first-order valence-corrected chi connectivity index (χ1v) is 9.00. The van der Waals surface area contributed by atoms with Gasteiger partial charge in [0.05, 0.1) is 29.5 Å². The van der Waals surface area contributed by atoms with Crippen molar-refractivity contribution in [3.05, 3.63) is 58.4 Å². The van der Waals surface area contributed by atoms with E-state index in [1.807, 2.05) is 0 Å². The van der Waals surface area contributed by atoms with Crippen molar-refractivity contribution in [1.82, 2.24) is 0 Å². The van der Waals surface area contributed by atoms with Gasteiger partial charge >= 0.3 is 5.97 Å². The Bertz CT molecular complexity index is 892. The molecule has 2 aromatic rings. The fraction of sp³-hybridized carbons (Fsp3) is 0.222. The van der Waals surface area contributed by atoms with Gasteiger partial charge in [0.2, 0.25) is 0 Å². The van der Waals surface area contributed by atoms with Crippen molar-refractivity contribution in [3.63, 3.8) is 0 Å². The van der Waals surface area contributed by atoms with E-state index in [4.69, 9.17) is 9.47 Å². The van der Waals surface area contributed by atoms with Crippen LogP contribution in [-0.2, 0) is 14.3 Å². The average Bonchev–Trinajstić information content (AvgIpc) is 2.67. The van der Waals surface area contributed by atoms with E-state index in [0.717, 1.165) is 17.8 Å². The number of anilines is 1. The molecule has 0 radical (unpaired) electrons. The van der Waals surface area contributed by atoms with Gasteiger partial charge < -0.3 is 14.8 Å². The second kappa shape index (κ2) is 9.70. The molecule has 0 fully saturated rings. The second-order valence-electron chi connectivity index (χ2n) is 5.48. The molecule has 0 heterocycles. The van der Waals surface area contributed by atoms with Crippen LogP contribution in [0.25, 0.3) is 0 Å². The Hall–Kier alpha value is -3.14. The van der Waals surface area contributed by atoms with Gasteiger partial charge in [0.1, 0.15) is 11.6 Å². The number of hydrogen-bond acceptors (Lipinski definition) is 7. The zero-order chi connectivity index (χ0) is 20.7. The van der Waals surface area contributed by atoms with Gasteiger partial charge in [-0.05, 0) is 25.1 Å². The van der Waals surface area contributed by atoms with Gasteiger partial charge in [-0.3, -0.25) is 19.7 Å².